The van der Waals surface area contributed by atoms with Crippen LogP contribution in [0.2, 0.25) is 0 Å². The molecular weight excluding hydrogens is 468 g/mol. The number of benzene rings is 2. The van der Waals surface area contributed by atoms with Crippen molar-refractivity contribution in [1.29, 1.82) is 0 Å². The zero-order valence-corrected chi connectivity index (χ0v) is 21.0. The summed E-state index contributed by atoms with van der Waals surface area (Å²) in [7, 11) is -3.57. The zero-order valence-electron chi connectivity index (χ0n) is 19.4. The molecule has 0 aliphatic carbocycles. The number of nitrogens with zero attached hydrogens (tertiary/aromatic N) is 4. The van der Waals surface area contributed by atoms with Crippen molar-refractivity contribution in [2.75, 3.05) is 44.2 Å². The smallest absolute Gasteiger partial charge is 0.243 e. The summed E-state index contributed by atoms with van der Waals surface area (Å²) >= 11 is 1.71. The molecule has 1 amide bonds. The predicted molar refractivity (Wildman–Crippen MR) is 136 cm³/mol. The average Bonchev–Trinajstić information content (AvgIpc) is 3.32. The molecule has 2 saturated heterocycles. The zero-order chi connectivity index (χ0) is 23.7. The van der Waals surface area contributed by atoms with Gasteiger partial charge in [-0.1, -0.05) is 42.5 Å². The molecule has 34 heavy (non-hydrogen) atoms. The summed E-state index contributed by atoms with van der Waals surface area (Å²) in [6.07, 6.45) is 2.45. The van der Waals surface area contributed by atoms with E-state index in [1.165, 1.54) is 14.6 Å². The van der Waals surface area contributed by atoms with Crippen LogP contribution in [-0.4, -0.2) is 67.8 Å². The molecule has 2 aromatic carbocycles. The minimum Gasteiger partial charge on any atom is -0.345 e. The molecule has 2 aliphatic heterocycles. The van der Waals surface area contributed by atoms with E-state index < -0.39 is 10.0 Å². The van der Waals surface area contributed by atoms with Gasteiger partial charge in [-0.05, 0) is 49.1 Å². The van der Waals surface area contributed by atoms with E-state index in [1.54, 1.807) is 41.7 Å². The van der Waals surface area contributed by atoms with Crippen LogP contribution in [0.5, 0.6) is 0 Å². The molecule has 0 N–H and O–H groups in total. The first-order chi connectivity index (χ1) is 16.5. The largest absolute Gasteiger partial charge is 0.345 e. The number of hydrogen-bond donors (Lipinski definition) is 0. The van der Waals surface area contributed by atoms with Gasteiger partial charge in [-0.2, -0.15) is 4.31 Å². The van der Waals surface area contributed by atoms with E-state index in [0.717, 1.165) is 36.6 Å². The van der Waals surface area contributed by atoms with Crippen molar-refractivity contribution >= 4 is 42.6 Å². The Bertz CT molecular complexity index is 1270. The molecule has 180 valence electrons. The Balaban J connectivity index is 1.22. The topological polar surface area (TPSA) is 73.8 Å². The van der Waals surface area contributed by atoms with Crippen molar-refractivity contribution in [1.82, 2.24) is 14.2 Å². The number of piperidine rings is 1. The van der Waals surface area contributed by atoms with E-state index in [1.807, 2.05) is 4.90 Å². The average molecular weight is 499 g/mol. The van der Waals surface area contributed by atoms with E-state index in [2.05, 4.69) is 30.0 Å². The van der Waals surface area contributed by atoms with Gasteiger partial charge >= 0.3 is 0 Å². The third-order valence-electron chi connectivity index (χ3n) is 6.83. The van der Waals surface area contributed by atoms with Gasteiger partial charge < -0.3 is 9.80 Å². The van der Waals surface area contributed by atoms with Crippen LogP contribution in [0, 0.1) is 5.92 Å². The Morgan fingerprint density at radius 2 is 1.82 bits per heavy atom. The van der Waals surface area contributed by atoms with Gasteiger partial charge in [0, 0.05) is 39.3 Å². The van der Waals surface area contributed by atoms with Crippen LogP contribution in [-0.2, 0) is 21.2 Å². The first kappa shape index (κ1) is 23.3. The molecule has 2 fully saturated rings. The molecule has 0 bridgehead atoms. The van der Waals surface area contributed by atoms with Crippen molar-refractivity contribution in [2.24, 2.45) is 5.92 Å². The minimum absolute atomic E-state index is 0.0736. The lowest BCUT2D eigenvalue weighted by atomic mass is 9.98. The quantitative estimate of drug-likeness (QED) is 0.537. The van der Waals surface area contributed by atoms with Gasteiger partial charge in [0.15, 0.2) is 5.13 Å². The fourth-order valence-corrected chi connectivity index (χ4v) is 7.42. The summed E-state index contributed by atoms with van der Waals surface area (Å²) < 4.78 is 28.8. The number of thiazole rings is 1. The second-order valence-corrected chi connectivity index (χ2v) is 11.9. The van der Waals surface area contributed by atoms with Crippen LogP contribution in [0.4, 0.5) is 5.13 Å². The summed E-state index contributed by atoms with van der Waals surface area (Å²) in [5.74, 6) is -0.210. The maximum absolute atomic E-state index is 13.3. The molecule has 3 heterocycles. The minimum atomic E-state index is -3.57. The summed E-state index contributed by atoms with van der Waals surface area (Å²) in [4.78, 5) is 22.5. The van der Waals surface area contributed by atoms with Crippen molar-refractivity contribution in [3.8, 4) is 0 Å². The maximum Gasteiger partial charge on any atom is 0.243 e. The standard InChI is InChI=1S/C25H30N4O3S2/c1-2-19-10-11-22-23(17-19)33-25(26-22)28-15-13-27(14-16-28)24(30)20-7-6-12-29(18-20)34(31,32)21-8-4-3-5-9-21/h3-5,8-11,17,20H,2,6-7,12-16,18H2,1H3. The summed E-state index contributed by atoms with van der Waals surface area (Å²) in [6, 6.07) is 14.9. The van der Waals surface area contributed by atoms with E-state index >= 15 is 0 Å². The second kappa shape index (κ2) is 9.64. The van der Waals surface area contributed by atoms with Gasteiger partial charge in [0.25, 0.3) is 0 Å². The first-order valence-electron chi connectivity index (χ1n) is 11.9. The van der Waals surface area contributed by atoms with E-state index in [9.17, 15) is 13.2 Å². The molecule has 7 nitrogen and oxygen atoms in total. The maximum atomic E-state index is 13.3. The Kier molecular flexibility index (Phi) is 6.59. The number of rotatable bonds is 5. The Labute approximate surface area is 205 Å². The SMILES string of the molecule is CCc1ccc2nc(N3CCN(C(=O)C4CCCN(S(=O)(=O)c5ccccc5)C4)CC3)sc2c1. The van der Waals surface area contributed by atoms with Crippen LogP contribution in [0.15, 0.2) is 53.4 Å². The van der Waals surface area contributed by atoms with Gasteiger partial charge in [-0.25, -0.2) is 13.4 Å². The summed E-state index contributed by atoms with van der Waals surface area (Å²) in [5, 5.41) is 1.01. The monoisotopic (exact) mass is 498 g/mol. The molecular formula is C25H30N4O3S2. The molecule has 9 heteroatoms. The van der Waals surface area contributed by atoms with Crippen LogP contribution in [0.1, 0.15) is 25.3 Å². The fraction of sp³-hybridized carbons (Fsp3) is 0.440. The molecule has 1 unspecified atom stereocenters. The molecule has 0 saturated carbocycles. The third-order valence-corrected chi connectivity index (χ3v) is 9.78. The number of hydrogen-bond acceptors (Lipinski definition) is 6. The number of piperazine rings is 1. The molecule has 1 aromatic heterocycles. The van der Waals surface area contributed by atoms with Crippen LogP contribution in [0.3, 0.4) is 0 Å². The molecule has 0 spiro atoms. The van der Waals surface area contributed by atoms with Crippen molar-refractivity contribution in [3.63, 3.8) is 0 Å². The number of carbonyl (C=O) groups is 1. The second-order valence-electron chi connectivity index (χ2n) is 8.98. The summed E-state index contributed by atoms with van der Waals surface area (Å²) in [5.41, 5.74) is 2.34. The predicted octanol–water partition coefficient (Wildman–Crippen LogP) is 3.61. The molecule has 1 atom stereocenters. The Morgan fingerprint density at radius 3 is 2.56 bits per heavy atom. The van der Waals surface area contributed by atoms with Crippen molar-refractivity contribution in [3.05, 3.63) is 54.1 Å². The van der Waals surface area contributed by atoms with Crippen LogP contribution >= 0.6 is 11.3 Å². The number of amides is 1. The van der Waals surface area contributed by atoms with Gasteiger partial charge in [0.2, 0.25) is 15.9 Å². The highest BCUT2D eigenvalue weighted by molar-refractivity contribution is 7.89. The number of aromatic nitrogens is 1. The number of carbonyl (C=O) groups excluding carboxylic acids is 1. The van der Waals surface area contributed by atoms with E-state index in [4.69, 9.17) is 4.98 Å². The van der Waals surface area contributed by atoms with Crippen molar-refractivity contribution in [2.45, 2.75) is 31.1 Å². The molecule has 5 rings (SSSR count). The lowest BCUT2D eigenvalue weighted by molar-refractivity contribution is -0.137. The summed E-state index contributed by atoms with van der Waals surface area (Å²) in [6.45, 7) is 5.63. The van der Waals surface area contributed by atoms with E-state index in [-0.39, 0.29) is 18.4 Å². The lowest BCUT2D eigenvalue weighted by Gasteiger charge is -2.38. The number of anilines is 1. The van der Waals surface area contributed by atoms with Gasteiger partial charge in [0.05, 0.1) is 21.0 Å². The molecule has 2 aliphatic rings. The molecule has 3 aromatic rings. The number of sulfonamides is 1. The van der Waals surface area contributed by atoms with Gasteiger partial charge in [-0.3, -0.25) is 4.79 Å². The van der Waals surface area contributed by atoms with E-state index in [0.29, 0.717) is 31.0 Å². The normalized spacial score (nSPS) is 20.1. The van der Waals surface area contributed by atoms with Crippen molar-refractivity contribution < 1.29 is 13.2 Å². The number of aryl methyl sites for hydroxylation is 1. The Morgan fingerprint density at radius 1 is 1.06 bits per heavy atom. The highest BCUT2D eigenvalue weighted by atomic mass is 32.2. The molecule has 0 radical (unpaired) electrons. The third kappa shape index (κ3) is 4.56. The van der Waals surface area contributed by atoms with Gasteiger partial charge in [0.1, 0.15) is 0 Å². The highest BCUT2D eigenvalue weighted by Gasteiger charge is 2.36. The van der Waals surface area contributed by atoms with Gasteiger partial charge in [-0.15, -0.1) is 0 Å². The van der Waals surface area contributed by atoms with Crippen LogP contribution in [0.25, 0.3) is 10.2 Å². The lowest BCUT2D eigenvalue weighted by Crippen LogP contribution is -2.53. The Hall–Kier alpha value is -2.49. The highest BCUT2D eigenvalue weighted by Crippen LogP contribution is 2.31. The number of fused-ring (bicyclic) bond motifs is 1. The first-order valence-corrected chi connectivity index (χ1v) is 14.2. The fourth-order valence-electron chi connectivity index (χ4n) is 4.79. The van der Waals surface area contributed by atoms with Crippen LogP contribution < -0.4 is 4.90 Å².